The molecule has 1 aromatic heterocycles. The molecule has 0 amide bonds. The first-order valence-electron chi connectivity index (χ1n) is 5.49. The highest BCUT2D eigenvalue weighted by atomic mass is 32.1. The van der Waals surface area contributed by atoms with E-state index in [-0.39, 0.29) is 0 Å². The molecule has 16 heavy (non-hydrogen) atoms. The lowest BCUT2D eigenvalue weighted by atomic mass is 10.1. The van der Waals surface area contributed by atoms with Crippen LogP contribution in [0.25, 0.3) is 10.4 Å². The summed E-state index contributed by atoms with van der Waals surface area (Å²) in [7, 11) is 1.94. The Morgan fingerprint density at radius 1 is 1.38 bits per heavy atom. The maximum absolute atomic E-state index is 4.56. The minimum Gasteiger partial charge on any atom is -0.388 e. The fourth-order valence-corrected chi connectivity index (χ4v) is 2.69. The third-order valence-corrected chi connectivity index (χ3v) is 3.91. The van der Waals surface area contributed by atoms with Gasteiger partial charge in [-0.15, -0.1) is 11.3 Å². The number of rotatable bonds is 3. The van der Waals surface area contributed by atoms with E-state index in [1.54, 1.807) is 11.3 Å². The second-order valence-electron chi connectivity index (χ2n) is 3.71. The van der Waals surface area contributed by atoms with Crippen molar-refractivity contribution in [1.82, 2.24) is 4.98 Å². The summed E-state index contributed by atoms with van der Waals surface area (Å²) >= 11 is 1.79. The summed E-state index contributed by atoms with van der Waals surface area (Å²) in [5.74, 6) is 0. The van der Waals surface area contributed by atoms with Crippen molar-refractivity contribution in [2.45, 2.75) is 20.3 Å². The zero-order valence-electron chi connectivity index (χ0n) is 9.87. The van der Waals surface area contributed by atoms with Gasteiger partial charge in [0.25, 0.3) is 0 Å². The standard InChI is InChI=1S/C13H16N2S/c1-4-12-15-9(2)13(16-12)10-6-5-7-11(8-10)14-3/h5-8,14H,4H2,1-3H3. The van der Waals surface area contributed by atoms with Crippen molar-refractivity contribution in [3.05, 3.63) is 35.0 Å². The molecule has 84 valence electrons. The lowest BCUT2D eigenvalue weighted by molar-refractivity contribution is 1.07. The predicted octanol–water partition coefficient (Wildman–Crippen LogP) is 3.72. The van der Waals surface area contributed by atoms with E-state index in [0.717, 1.165) is 17.8 Å². The van der Waals surface area contributed by atoms with Crippen LogP contribution in [-0.2, 0) is 6.42 Å². The van der Waals surface area contributed by atoms with E-state index in [0.29, 0.717) is 0 Å². The largest absolute Gasteiger partial charge is 0.388 e. The third kappa shape index (κ3) is 2.09. The Kier molecular flexibility index (Phi) is 3.25. The number of aromatic nitrogens is 1. The van der Waals surface area contributed by atoms with Crippen LogP contribution in [0.2, 0.25) is 0 Å². The summed E-state index contributed by atoms with van der Waals surface area (Å²) in [5, 5.41) is 4.37. The molecule has 0 saturated heterocycles. The van der Waals surface area contributed by atoms with E-state index >= 15 is 0 Å². The molecule has 0 saturated carbocycles. The van der Waals surface area contributed by atoms with Gasteiger partial charge >= 0.3 is 0 Å². The van der Waals surface area contributed by atoms with Crippen molar-refractivity contribution in [3.8, 4) is 10.4 Å². The molecule has 1 aromatic carbocycles. The number of hydrogen-bond donors (Lipinski definition) is 1. The van der Waals surface area contributed by atoms with Crippen molar-refractivity contribution >= 4 is 17.0 Å². The highest BCUT2D eigenvalue weighted by Gasteiger charge is 2.08. The molecule has 0 fully saturated rings. The SMILES string of the molecule is CCc1nc(C)c(-c2cccc(NC)c2)s1. The summed E-state index contributed by atoms with van der Waals surface area (Å²) in [6.07, 6.45) is 1.01. The monoisotopic (exact) mass is 232 g/mol. The van der Waals surface area contributed by atoms with Gasteiger partial charge < -0.3 is 5.32 Å². The van der Waals surface area contributed by atoms with Crippen LogP contribution in [0, 0.1) is 6.92 Å². The van der Waals surface area contributed by atoms with Crippen molar-refractivity contribution < 1.29 is 0 Å². The number of anilines is 1. The van der Waals surface area contributed by atoms with E-state index in [1.165, 1.54) is 15.4 Å². The highest BCUT2D eigenvalue weighted by Crippen LogP contribution is 2.31. The second kappa shape index (κ2) is 4.66. The third-order valence-electron chi connectivity index (χ3n) is 2.56. The van der Waals surface area contributed by atoms with Gasteiger partial charge in [-0.25, -0.2) is 4.98 Å². The van der Waals surface area contributed by atoms with Crippen LogP contribution in [-0.4, -0.2) is 12.0 Å². The summed E-state index contributed by atoms with van der Waals surface area (Å²) in [5.41, 5.74) is 3.53. The Morgan fingerprint density at radius 3 is 2.81 bits per heavy atom. The molecule has 3 heteroatoms. The van der Waals surface area contributed by atoms with E-state index in [4.69, 9.17) is 0 Å². The van der Waals surface area contributed by atoms with Gasteiger partial charge in [0.2, 0.25) is 0 Å². The second-order valence-corrected chi connectivity index (χ2v) is 4.79. The molecule has 2 aromatic rings. The quantitative estimate of drug-likeness (QED) is 0.872. The Balaban J connectivity index is 2.45. The molecule has 2 rings (SSSR count). The van der Waals surface area contributed by atoms with Gasteiger partial charge in [0.05, 0.1) is 15.6 Å². The van der Waals surface area contributed by atoms with Gasteiger partial charge in [-0.3, -0.25) is 0 Å². The molecule has 0 atom stereocenters. The molecule has 1 N–H and O–H groups in total. The maximum atomic E-state index is 4.56. The van der Waals surface area contributed by atoms with Crippen LogP contribution >= 0.6 is 11.3 Å². The average molecular weight is 232 g/mol. The molecule has 0 radical (unpaired) electrons. The van der Waals surface area contributed by atoms with Gasteiger partial charge in [0.1, 0.15) is 0 Å². The molecule has 0 spiro atoms. The molecular weight excluding hydrogens is 216 g/mol. The molecule has 0 aliphatic rings. The fraction of sp³-hybridized carbons (Fsp3) is 0.308. The van der Waals surface area contributed by atoms with E-state index < -0.39 is 0 Å². The molecule has 0 aliphatic carbocycles. The number of nitrogens with one attached hydrogen (secondary N) is 1. The first kappa shape index (κ1) is 11.1. The highest BCUT2D eigenvalue weighted by molar-refractivity contribution is 7.15. The van der Waals surface area contributed by atoms with Gasteiger partial charge in [-0.2, -0.15) is 0 Å². The zero-order chi connectivity index (χ0) is 11.5. The van der Waals surface area contributed by atoms with E-state index in [9.17, 15) is 0 Å². The number of nitrogens with zero attached hydrogens (tertiary/aromatic N) is 1. The van der Waals surface area contributed by atoms with Gasteiger partial charge in [0.15, 0.2) is 0 Å². The van der Waals surface area contributed by atoms with Crippen LogP contribution in [0.5, 0.6) is 0 Å². The molecule has 1 heterocycles. The molecular formula is C13H16N2S. The number of benzene rings is 1. The molecule has 0 unspecified atom stereocenters. The Labute approximate surface area is 100 Å². The van der Waals surface area contributed by atoms with Crippen LogP contribution < -0.4 is 5.32 Å². The minimum atomic E-state index is 1.01. The van der Waals surface area contributed by atoms with Crippen LogP contribution in [0.1, 0.15) is 17.6 Å². The number of thiazole rings is 1. The van der Waals surface area contributed by atoms with E-state index in [1.807, 2.05) is 7.05 Å². The summed E-state index contributed by atoms with van der Waals surface area (Å²) in [6, 6.07) is 8.45. The van der Waals surface area contributed by atoms with Gasteiger partial charge in [0, 0.05) is 12.7 Å². The number of aryl methyl sites for hydroxylation is 2. The minimum absolute atomic E-state index is 1.01. The van der Waals surface area contributed by atoms with Crippen LogP contribution in [0.3, 0.4) is 0 Å². The van der Waals surface area contributed by atoms with Crippen molar-refractivity contribution in [2.24, 2.45) is 0 Å². The average Bonchev–Trinajstić information content (AvgIpc) is 2.71. The fourth-order valence-electron chi connectivity index (χ4n) is 1.69. The van der Waals surface area contributed by atoms with Crippen LogP contribution in [0.4, 0.5) is 5.69 Å². The van der Waals surface area contributed by atoms with Crippen molar-refractivity contribution in [2.75, 3.05) is 12.4 Å². The Morgan fingerprint density at radius 2 is 2.19 bits per heavy atom. The smallest absolute Gasteiger partial charge is 0.0931 e. The van der Waals surface area contributed by atoms with Crippen molar-refractivity contribution in [3.63, 3.8) is 0 Å². The Bertz CT molecular complexity index is 488. The van der Waals surface area contributed by atoms with Gasteiger partial charge in [-0.05, 0) is 31.0 Å². The summed E-state index contributed by atoms with van der Waals surface area (Å²) < 4.78 is 0. The topological polar surface area (TPSA) is 24.9 Å². The van der Waals surface area contributed by atoms with Crippen LogP contribution in [0.15, 0.2) is 24.3 Å². The van der Waals surface area contributed by atoms with E-state index in [2.05, 4.69) is 48.4 Å². The lowest BCUT2D eigenvalue weighted by Crippen LogP contribution is -1.87. The summed E-state index contributed by atoms with van der Waals surface area (Å²) in [4.78, 5) is 5.85. The maximum Gasteiger partial charge on any atom is 0.0931 e. The predicted molar refractivity (Wildman–Crippen MR) is 71.2 cm³/mol. The number of hydrogen-bond acceptors (Lipinski definition) is 3. The lowest BCUT2D eigenvalue weighted by Gasteiger charge is -2.03. The Hall–Kier alpha value is -1.35. The normalized spacial score (nSPS) is 10.4. The first-order valence-corrected chi connectivity index (χ1v) is 6.30. The summed E-state index contributed by atoms with van der Waals surface area (Å²) in [6.45, 7) is 4.23. The molecule has 0 aliphatic heterocycles. The van der Waals surface area contributed by atoms with Gasteiger partial charge in [-0.1, -0.05) is 19.1 Å². The molecule has 0 bridgehead atoms. The zero-order valence-corrected chi connectivity index (χ0v) is 10.7. The molecule has 2 nitrogen and oxygen atoms in total. The van der Waals surface area contributed by atoms with Crippen molar-refractivity contribution in [1.29, 1.82) is 0 Å². The first-order chi connectivity index (χ1) is 7.74.